The standard InChI is InChI=1S/C22H33ClN4O2/c1-16-12-17(2)14-27(13-16)22(29)18(3)26-10-8-25(9-11-26)15-21(28)24-20-7-5-4-6-19(20)23/h4-7,16-18H,8-15H2,1-3H3,(H,24,28)/t16-,17+,18-/m0/s1. The van der Waals surface area contributed by atoms with Gasteiger partial charge in [0.1, 0.15) is 0 Å². The lowest BCUT2D eigenvalue weighted by Gasteiger charge is -2.41. The molecule has 7 heteroatoms. The number of amides is 2. The summed E-state index contributed by atoms with van der Waals surface area (Å²) >= 11 is 6.11. The topological polar surface area (TPSA) is 55.9 Å². The van der Waals surface area contributed by atoms with Crippen molar-refractivity contribution in [3.05, 3.63) is 29.3 Å². The smallest absolute Gasteiger partial charge is 0.239 e. The Kier molecular flexibility index (Phi) is 7.55. The van der Waals surface area contributed by atoms with Crippen molar-refractivity contribution < 1.29 is 9.59 Å². The van der Waals surface area contributed by atoms with Crippen molar-refractivity contribution in [2.75, 3.05) is 51.1 Å². The number of carbonyl (C=O) groups excluding carboxylic acids is 2. The average Bonchev–Trinajstić information content (AvgIpc) is 2.68. The minimum atomic E-state index is -0.105. The van der Waals surface area contributed by atoms with Gasteiger partial charge in [-0.1, -0.05) is 37.6 Å². The molecular weight excluding hydrogens is 388 g/mol. The zero-order valence-electron chi connectivity index (χ0n) is 17.7. The predicted octanol–water partition coefficient (Wildman–Crippen LogP) is 2.79. The third-order valence-corrected chi connectivity index (χ3v) is 6.34. The van der Waals surface area contributed by atoms with Gasteiger partial charge in [-0.2, -0.15) is 0 Å². The number of piperazine rings is 1. The third-order valence-electron chi connectivity index (χ3n) is 6.01. The fraction of sp³-hybridized carbons (Fsp3) is 0.636. The fourth-order valence-corrected chi connectivity index (χ4v) is 4.71. The van der Waals surface area contributed by atoms with Crippen LogP contribution in [-0.2, 0) is 9.59 Å². The van der Waals surface area contributed by atoms with Crippen LogP contribution < -0.4 is 5.32 Å². The van der Waals surface area contributed by atoms with Gasteiger partial charge in [-0.25, -0.2) is 0 Å². The van der Waals surface area contributed by atoms with Crippen LogP contribution in [0.5, 0.6) is 0 Å². The van der Waals surface area contributed by atoms with Gasteiger partial charge in [0, 0.05) is 39.3 Å². The summed E-state index contributed by atoms with van der Waals surface area (Å²) in [6.07, 6.45) is 1.20. The van der Waals surface area contributed by atoms with Crippen molar-refractivity contribution >= 4 is 29.1 Å². The van der Waals surface area contributed by atoms with Gasteiger partial charge in [0.25, 0.3) is 0 Å². The first-order valence-electron chi connectivity index (χ1n) is 10.6. The van der Waals surface area contributed by atoms with Crippen molar-refractivity contribution in [1.29, 1.82) is 0 Å². The molecule has 0 radical (unpaired) electrons. The number of hydrogen-bond donors (Lipinski definition) is 1. The van der Waals surface area contributed by atoms with Crippen LogP contribution in [0.3, 0.4) is 0 Å². The molecule has 2 aliphatic heterocycles. The number of nitrogens with one attached hydrogen (secondary N) is 1. The number of nitrogens with zero attached hydrogens (tertiary/aromatic N) is 3. The Hall–Kier alpha value is -1.63. The molecule has 0 aromatic heterocycles. The van der Waals surface area contributed by atoms with Gasteiger partial charge in [-0.3, -0.25) is 19.4 Å². The molecular formula is C22H33ClN4O2. The summed E-state index contributed by atoms with van der Waals surface area (Å²) < 4.78 is 0. The van der Waals surface area contributed by atoms with E-state index in [-0.39, 0.29) is 17.9 Å². The van der Waals surface area contributed by atoms with E-state index in [9.17, 15) is 9.59 Å². The van der Waals surface area contributed by atoms with Crippen LogP contribution in [0.25, 0.3) is 0 Å². The molecule has 1 aromatic rings. The van der Waals surface area contributed by atoms with E-state index in [1.54, 1.807) is 12.1 Å². The van der Waals surface area contributed by atoms with Gasteiger partial charge in [0.05, 0.1) is 23.3 Å². The molecule has 2 heterocycles. The number of benzene rings is 1. The number of anilines is 1. The molecule has 160 valence electrons. The summed E-state index contributed by atoms with van der Waals surface area (Å²) in [6.45, 7) is 11.7. The number of para-hydroxylation sites is 1. The van der Waals surface area contributed by atoms with Crippen LogP contribution in [0.15, 0.2) is 24.3 Å². The summed E-state index contributed by atoms with van der Waals surface area (Å²) in [4.78, 5) is 31.7. The molecule has 2 saturated heterocycles. The zero-order valence-corrected chi connectivity index (χ0v) is 18.5. The third kappa shape index (κ3) is 5.93. The summed E-state index contributed by atoms with van der Waals surface area (Å²) in [5.74, 6) is 1.33. The van der Waals surface area contributed by atoms with E-state index < -0.39 is 0 Å². The number of hydrogen-bond acceptors (Lipinski definition) is 4. The maximum Gasteiger partial charge on any atom is 0.239 e. The Labute approximate surface area is 179 Å². The van der Waals surface area contributed by atoms with E-state index >= 15 is 0 Å². The first-order chi connectivity index (χ1) is 13.8. The Morgan fingerprint density at radius 2 is 1.72 bits per heavy atom. The summed E-state index contributed by atoms with van der Waals surface area (Å²) in [5, 5.41) is 3.42. The number of carbonyl (C=O) groups is 2. The largest absolute Gasteiger partial charge is 0.341 e. The van der Waals surface area contributed by atoms with Crippen molar-refractivity contribution in [1.82, 2.24) is 14.7 Å². The maximum absolute atomic E-state index is 13.0. The lowest BCUT2D eigenvalue weighted by Crippen LogP contribution is -2.56. The maximum atomic E-state index is 13.0. The Balaban J connectivity index is 1.45. The highest BCUT2D eigenvalue weighted by Crippen LogP contribution is 2.23. The molecule has 3 atom stereocenters. The molecule has 0 spiro atoms. The SMILES string of the molecule is C[C@@H]1C[C@H](C)CN(C(=O)[C@H](C)N2CCN(CC(=O)Nc3ccccc3Cl)CC2)C1. The Morgan fingerprint density at radius 1 is 1.10 bits per heavy atom. The highest BCUT2D eigenvalue weighted by molar-refractivity contribution is 6.33. The van der Waals surface area contributed by atoms with Gasteiger partial charge in [-0.15, -0.1) is 0 Å². The van der Waals surface area contributed by atoms with Crippen LogP contribution >= 0.6 is 11.6 Å². The minimum absolute atomic E-state index is 0.0630. The van der Waals surface area contributed by atoms with Crippen molar-refractivity contribution in [2.45, 2.75) is 33.2 Å². The van der Waals surface area contributed by atoms with Crippen LogP contribution in [0.4, 0.5) is 5.69 Å². The van der Waals surface area contributed by atoms with Crippen molar-refractivity contribution in [3.8, 4) is 0 Å². The second kappa shape index (κ2) is 9.92. The summed E-state index contributed by atoms with van der Waals surface area (Å²) in [5.41, 5.74) is 0.641. The number of halogens is 1. The highest BCUT2D eigenvalue weighted by atomic mass is 35.5. The van der Waals surface area contributed by atoms with Gasteiger partial charge >= 0.3 is 0 Å². The lowest BCUT2D eigenvalue weighted by atomic mass is 9.91. The van der Waals surface area contributed by atoms with Gasteiger partial charge < -0.3 is 10.2 Å². The number of piperidine rings is 1. The molecule has 2 aliphatic rings. The van der Waals surface area contributed by atoms with E-state index in [1.165, 1.54) is 6.42 Å². The van der Waals surface area contributed by atoms with Crippen LogP contribution in [0, 0.1) is 11.8 Å². The van der Waals surface area contributed by atoms with E-state index in [0.29, 0.717) is 29.1 Å². The first-order valence-corrected chi connectivity index (χ1v) is 11.0. The predicted molar refractivity (Wildman–Crippen MR) is 117 cm³/mol. The molecule has 1 aromatic carbocycles. The molecule has 1 N–H and O–H groups in total. The van der Waals surface area contributed by atoms with E-state index in [2.05, 4.69) is 29.0 Å². The number of rotatable bonds is 5. The monoisotopic (exact) mass is 420 g/mol. The Bertz CT molecular complexity index is 711. The highest BCUT2D eigenvalue weighted by Gasteiger charge is 2.32. The second-order valence-electron chi connectivity index (χ2n) is 8.71. The molecule has 0 aliphatic carbocycles. The molecule has 3 rings (SSSR count). The van der Waals surface area contributed by atoms with Crippen LogP contribution in [-0.4, -0.2) is 78.4 Å². The van der Waals surface area contributed by atoms with Gasteiger partial charge in [0.15, 0.2) is 0 Å². The summed E-state index contributed by atoms with van der Waals surface area (Å²) in [6, 6.07) is 7.14. The van der Waals surface area contributed by atoms with Crippen molar-refractivity contribution in [3.63, 3.8) is 0 Å². The molecule has 6 nitrogen and oxygen atoms in total. The zero-order chi connectivity index (χ0) is 21.0. The van der Waals surface area contributed by atoms with E-state index in [0.717, 1.165) is 39.3 Å². The quantitative estimate of drug-likeness (QED) is 0.795. The molecule has 2 fully saturated rings. The molecule has 0 bridgehead atoms. The summed E-state index contributed by atoms with van der Waals surface area (Å²) in [7, 11) is 0. The second-order valence-corrected chi connectivity index (χ2v) is 9.11. The van der Waals surface area contributed by atoms with Crippen LogP contribution in [0.1, 0.15) is 27.2 Å². The fourth-order valence-electron chi connectivity index (χ4n) is 4.53. The Morgan fingerprint density at radius 3 is 2.34 bits per heavy atom. The number of likely N-dealkylation sites (tertiary alicyclic amines) is 1. The normalized spacial score (nSPS) is 24.9. The van der Waals surface area contributed by atoms with E-state index in [4.69, 9.17) is 11.6 Å². The lowest BCUT2D eigenvalue weighted by molar-refractivity contribution is -0.140. The molecule has 0 saturated carbocycles. The minimum Gasteiger partial charge on any atom is -0.341 e. The molecule has 29 heavy (non-hydrogen) atoms. The van der Waals surface area contributed by atoms with E-state index in [1.807, 2.05) is 24.0 Å². The molecule has 0 unspecified atom stereocenters. The average molecular weight is 421 g/mol. The van der Waals surface area contributed by atoms with Crippen molar-refractivity contribution in [2.24, 2.45) is 11.8 Å². The van der Waals surface area contributed by atoms with Crippen LogP contribution in [0.2, 0.25) is 5.02 Å². The van der Waals surface area contributed by atoms with Gasteiger partial charge in [-0.05, 0) is 37.3 Å². The first kappa shape index (κ1) is 22.1. The van der Waals surface area contributed by atoms with Gasteiger partial charge in [0.2, 0.25) is 11.8 Å². The molecule has 2 amide bonds.